The number of nitrogens with one attached hydrogen (secondary N) is 1. The lowest BCUT2D eigenvalue weighted by atomic mass is 9.85. The molecule has 0 saturated carbocycles. The van der Waals surface area contributed by atoms with Crippen molar-refractivity contribution in [2.75, 3.05) is 13.1 Å². The Morgan fingerprint density at radius 2 is 2.10 bits per heavy atom. The van der Waals surface area contributed by atoms with E-state index in [0.717, 1.165) is 31.2 Å². The van der Waals surface area contributed by atoms with Crippen molar-refractivity contribution in [2.24, 2.45) is 13.0 Å². The first-order valence-corrected chi connectivity index (χ1v) is 8.32. The van der Waals surface area contributed by atoms with Crippen LogP contribution in [0.2, 0.25) is 0 Å². The molecule has 0 spiro atoms. The maximum atomic E-state index is 4.28. The summed E-state index contributed by atoms with van der Waals surface area (Å²) >= 11 is 0. The molecular weight excluding hydrogens is 262 g/mol. The van der Waals surface area contributed by atoms with Crippen LogP contribution >= 0.6 is 0 Å². The molecule has 0 aliphatic carbocycles. The predicted molar refractivity (Wildman–Crippen MR) is 86.0 cm³/mol. The van der Waals surface area contributed by atoms with Gasteiger partial charge in [0.25, 0.3) is 0 Å². The quantitative estimate of drug-likeness (QED) is 0.873. The fourth-order valence-electron chi connectivity index (χ4n) is 3.54. The van der Waals surface area contributed by atoms with Gasteiger partial charge >= 0.3 is 0 Å². The Labute approximate surface area is 129 Å². The number of aromatic nitrogens is 3. The number of nitrogens with zero attached hydrogens (tertiary/aromatic N) is 4. The average molecular weight is 293 g/mol. The molecule has 1 aromatic rings. The molecule has 0 bridgehead atoms. The van der Waals surface area contributed by atoms with E-state index in [-0.39, 0.29) is 5.54 Å². The Morgan fingerprint density at radius 3 is 2.62 bits per heavy atom. The zero-order valence-corrected chi connectivity index (χ0v) is 14.3. The summed E-state index contributed by atoms with van der Waals surface area (Å²) < 4.78 is 1.79. The van der Waals surface area contributed by atoms with Gasteiger partial charge in [0.1, 0.15) is 0 Å². The first kappa shape index (κ1) is 16.4. The van der Waals surface area contributed by atoms with E-state index in [0.29, 0.717) is 6.04 Å². The second kappa shape index (κ2) is 6.88. The zero-order chi connectivity index (χ0) is 15.5. The smallest absolute Gasteiger partial charge is 0.0967 e. The third-order valence-corrected chi connectivity index (χ3v) is 4.91. The molecule has 1 atom stereocenters. The second-order valence-electron chi connectivity index (χ2n) is 6.90. The predicted octanol–water partition coefficient (Wildman–Crippen LogP) is 2.19. The summed E-state index contributed by atoms with van der Waals surface area (Å²) in [6.45, 7) is 12.3. The van der Waals surface area contributed by atoms with E-state index in [2.05, 4.69) is 48.2 Å². The molecular formula is C16H31N5. The van der Waals surface area contributed by atoms with Crippen LogP contribution in [0.15, 0.2) is 6.20 Å². The number of hydrogen-bond acceptors (Lipinski definition) is 4. The molecule has 21 heavy (non-hydrogen) atoms. The number of aryl methyl sites for hydroxylation is 1. The third kappa shape index (κ3) is 3.83. The largest absolute Gasteiger partial charge is 0.311 e. The number of piperazine rings is 1. The molecule has 1 fully saturated rings. The van der Waals surface area contributed by atoms with Crippen LogP contribution in [0, 0.1) is 5.92 Å². The first-order valence-electron chi connectivity index (χ1n) is 8.32. The maximum absolute atomic E-state index is 4.28. The van der Waals surface area contributed by atoms with E-state index >= 15 is 0 Å². The second-order valence-corrected chi connectivity index (χ2v) is 6.90. The highest BCUT2D eigenvalue weighted by Gasteiger charge is 2.39. The summed E-state index contributed by atoms with van der Waals surface area (Å²) in [4.78, 5) is 2.64. The van der Waals surface area contributed by atoms with Crippen LogP contribution in [-0.4, -0.2) is 44.6 Å². The van der Waals surface area contributed by atoms with Crippen LogP contribution in [0.1, 0.15) is 52.7 Å². The van der Waals surface area contributed by atoms with E-state index < -0.39 is 0 Å². The molecule has 120 valence electrons. The van der Waals surface area contributed by atoms with Crippen molar-refractivity contribution in [3.63, 3.8) is 0 Å². The number of hydrogen-bond donors (Lipinski definition) is 1. The fraction of sp³-hybridized carbons (Fsp3) is 0.875. The van der Waals surface area contributed by atoms with Gasteiger partial charge in [0, 0.05) is 44.5 Å². The Balaban J connectivity index is 2.12. The summed E-state index contributed by atoms with van der Waals surface area (Å²) in [7, 11) is 1.93. The van der Waals surface area contributed by atoms with Gasteiger partial charge in [-0.15, -0.1) is 5.10 Å². The SMILES string of the molecule is CCC1(CC)CNC(CC(C)C)CN1Cc1cn(C)nn1. The molecule has 1 aliphatic heterocycles. The van der Waals surface area contributed by atoms with E-state index in [1.165, 1.54) is 19.3 Å². The van der Waals surface area contributed by atoms with Crippen molar-refractivity contribution in [3.8, 4) is 0 Å². The molecule has 1 aliphatic rings. The standard InChI is InChI=1S/C16H31N5/c1-6-16(7-2)12-17-14(8-13(3)4)10-21(16)11-15-9-20(5)19-18-15/h9,13-14,17H,6-8,10-12H2,1-5H3. The van der Waals surface area contributed by atoms with Crippen molar-refractivity contribution < 1.29 is 0 Å². The highest BCUT2D eigenvalue weighted by atomic mass is 15.4. The molecule has 1 aromatic heterocycles. The van der Waals surface area contributed by atoms with Crippen molar-refractivity contribution in [1.29, 1.82) is 0 Å². The minimum Gasteiger partial charge on any atom is -0.311 e. The lowest BCUT2D eigenvalue weighted by molar-refractivity contribution is 0.0196. The summed E-state index contributed by atoms with van der Waals surface area (Å²) in [6, 6.07) is 0.591. The third-order valence-electron chi connectivity index (χ3n) is 4.91. The Hall–Kier alpha value is -0.940. The lowest BCUT2D eigenvalue weighted by Crippen LogP contribution is -2.64. The van der Waals surface area contributed by atoms with Crippen LogP contribution in [-0.2, 0) is 13.6 Å². The topological polar surface area (TPSA) is 46.0 Å². The Bertz CT molecular complexity index is 436. The molecule has 5 nitrogen and oxygen atoms in total. The highest BCUT2D eigenvalue weighted by molar-refractivity contribution is 5.02. The van der Waals surface area contributed by atoms with Crippen molar-refractivity contribution in [3.05, 3.63) is 11.9 Å². The summed E-state index contributed by atoms with van der Waals surface area (Å²) in [5, 5.41) is 12.1. The number of rotatable bonds is 6. The van der Waals surface area contributed by atoms with Gasteiger partial charge in [-0.2, -0.15) is 0 Å². The monoisotopic (exact) mass is 293 g/mol. The van der Waals surface area contributed by atoms with Gasteiger partial charge in [-0.1, -0.05) is 32.9 Å². The van der Waals surface area contributed by atoms with Gasteiger partial charge in [-0.05, 0) is 25.2 Å². The maximum Gasteiger partial charge on any atom is 0.0967 e. The fourth-order valence-corrected chi connectivity index (χ4v) is 3.54. The van der Waals surface area contributed by atoms with Gasteiger partial charge in [0.15, 0.2) is 0 Å². The highest BCUT2D eigenvalue weighted by Crippen LogP contribution is 2.29. The summed E-state index contributed by atoms with van der Waals surface area (Å²) in [5.41, 5.74) is 1.33. The summed E-state index contributed by atoms with van der Waals surface area (Å²) in [5.74, 6) is 0.733. The van der Waals surface area contributed by atoms with E-state index in [1.807, 2.05) is 13.2 Å². The molecule has 1 saturated heterocycles. The molecule has 5 heteroatoms. The van der Waals surface area contributed by atoms with Gasteiger partial charge < -0.3 is 5.32 Å². The minimum absolute atomic E-state index is 0.255. The average Bonchev–Trinajstić information content (AvgIpc) is 2.85. The summed E-state index contributed by atoms with van der Waals surface area (Å²) in [6.07, 6.45) is 5.62. The van der Waals surface area contributed by atoms with Gasteiger partial charge in [-0.25, -0.2) is 0 Å². The first-order chi connectivity index (χ1) is 9.99. The Morgan fingerprint density at radius 1 is 1.38 bits per heavy atom. The van der Waals surface area contributed by atoms with Gasteiger partial charge in [-0.3, -0.25) is 9.58 Å². The molecule has 1 unspecified atom stereocenters. The van der Waals surface area contributed by atoms with E-state index in [4.69, 9.17) is 0 Å². The zero-order valence-electron chi connectivity index (χ0n) is 14.3. The molecule has 0 aromatic carbocycles. The molecule has 0 amide bonds. The lowest BCUT2D eigenvalue weighted by Gasteiger charge is -2.49. The van der Waals surface area contributed by atoms with E-state index in [9.17, 15) is 0 Å². The molecule has 2 heterocycles. The molecule has 1 N–H and O–H groups in total. The van der Waals surface area contributed by atoms with Gasteiger partial charge in [0.2, 0.25) is 0 Å². The van der Waals surface area contributed by atoms with Crippen LogP contribution in [0.3, 0.4) is 0 Å². The van der Waals surface area contributed by atoms with Crippen LogP contribution < -0.4 is 5.32 Å². The van der Waals surface area contributed by atoms with Crippen LogP contribution in [0.4, 0.5) is 0 Å². The van der Waals surface area contributed by atoms with Crippen LogP contribution in [0.25, 0.3) is 0 Å². The van der Waals surface area contributed by atoms with Crippen molar-refractivity contribution >= 4 is 0 Å². The van der Waals surface area contributed by atoms with Crippen molar-refractivity contribution in [2.45, 2.75) is 65.1 Å². The van der Waals surface area contributed by atoms with Crippen LogP contribution in [0.5, 0.6) is 0 Å². The van der Waals surface area contributed by atoms with E-state index in [1.54, 1.807) is 4.68 Å². The minimum atomic E-state index is 0.255. The van der Waals surface area contributed by atoms with Gasteiger partial charge in [0.05, 0.1) is 5.69 Å². The molecule has 0 radical (unpaired) electrons. The molecule has 2 rings (SSSR count). The Kier molecular flexibility index (Phi) is 5.38. The normalized spacial score (nSPS) is 22.9. The van der Waals surface area contributed by atoms with Crippen molar-refractivity contribution in [1.82, 2.24) is 25.2 Å².